The van der Waals surface area contributed by atoms with E-state index in [0.29, 0.717) is 22.7 Å². The molecular weight excluding hydrogens is 424 g/mol. The molecule has 0 saturated heterocycles. The van der Waals surface area contributed by atoms with Gasteiger partial charge in [-0.1, -0.05) is 18.2 Å². The molecule has 34 heavy (non-hydrogen) atoms. The SMILES string of the molecule is Cc1cc(Nc2ccc(C(=O)Nc3ccc(Oc4ccncc4)cc3)cc2)c2ccccc2n1. The first kappa shape index (κ1) is 21.2. The van der Waals surface area contributed by atoms with Gasteiger partial charge in [-0.2, -0.15) is 0 Å². The molecule has 6 nitrogen and oxygen atoms in total. The molecule has 3 aromatic carbocycles. The van der Waals surface area contributed by atoms with Gasteiger partial charge in [0.1, 0.15) is 11.5 Å². The van der Waals surface area contributed by atoms with E-state index in [2.05, 4.69) is 20.6 Å². The molecule has 0 bridgehead atoms. The van der Waals surface area contributed by atoms with Crippen molar-refractivity contribution in [3.05, 3.63) is 115 Å². The topological polar surface area (TPSA) is 76.1 Å². The van der Waals surface area contributed by atoms with E-state index in [1.807, 2.05) is 61.5 Å². The van der Waals surface area contributed by atoms with Crippen LogP contribution in [0.1, 0.15) is 16.1 Å². The summed E-state index contributed by atoms with van der Waals surface area (Å²) in [6.45, 7) is 1.98. The minimum Gasteiger partial charge on any atom is -0.457 e. The number of aryl methyl sites for hydroxylation is 1. The minimum absolute atomic E-state index is 0.181. The van der Waals surface area contributed by atoms with Gasteiger partial charge < -0.3 is 15.4 Å². The molecule has 2 aromatic heterocycles. The Morgan fingerprint density at radius 3 is 2.24 bits per heavy atom. The average Bonchev–Trinajstić information content (AvgIpc) is 2.86. The Hall–Kier alpha value is -4.71. The van der Waals surface area contributed by atoms with Gasteiger partial charge in [0, 0.05) is 46.1 Å². The standard InChI is InChI=1S/C28H22N4O2/c1-19-18-27(25-4-2-3-5-26(25)30-19)31-21-8-6-20(7-9-21)28(33)32-22-10-12-23(13-11-22)34-24-14-16-29-17-15-24/h2-18H,1H3,(H,30,31)(H,32,33). The number of anilines is 3. The van der Waals surface area contributed by atoms with Crippen LogP contribution >= 0.6 is 0 Å². The number of carbonyl (C=O) groups excluding carboxylic acids is 1. The highest BCUT2D eigenvalue weighted by molar-refractivity contribution is 6.04. The average molecular weight is 447 g/mol. The number of rotatable bonds is 6. The fraction of sp³-hybridized carbons (Fsp3) is 0.0357. The Morgan fingerprint density at radius 1 is 0.794 bits per heavy atom. The van der Waals surface area contributed by atoms with E-state index in [1.165, 1.54) is 0 Å². The van der Waals surface area contributed by atoms with Crippen LogP contribution in [-0.2, 0) is 0 Å². The van der Waals surface area contributed by atoms with E-state index in [0.717, 1.165) is 28.0 Å². The molecule has 0 aliphatic heterocycles. The van der Waals surface area contributed by atoms with Crippen LogP contribution in [0.25, 0.3) is 10.9 Å². The van der Waals surface area contributed by atoms with Gasteiger partial charge in [-0.25, -0.2) is 0 Å². The maximum Gasteiger partial charge on any atom is 0.255 e. The number of aromatic nitrogens is 2. The molecule has 0 aliphatic carbocycles. The van der Waals surface area contributed by atoms with Crippen molar-refractivity contribution < 1.29 is 9.53 Å². The van der Waals surface area contributed by atoms with Crippen LogP contribution in [0.15, 0.2) is 103 Å². The maximum absolute atomic E-state index is 12.7. The van der Waals surface area contributed by atoms with Crippen molar-refractivity contribution in [1.29, 1.82) is 0 Å². The summed E-state index contributed by atoms with van der Waals surface area (Å²) in [6, 6.07) is 28.2. The second-order valence-electron chi connectivity index (χ2n) is 7.79. The van der Waals surface area contributed by atoms with Gasteiger partial charge in [0.25, 0.3) is 5.91 Å². The molecule has 0 radical (unpaired) electrons. The lowest BCUT2D eigenvalue weighted by Crippen LogP contribution is -2.11. The van der Waals surface area contributed by atoms with E-state index in [4.69, 9.17) is 4.74 Å². The van der Waals surface area contributed by atoms with Crippen LogP contribution in [-0.4, -0.2) is 15.9 Å². The highest BCUT2D eigenvalue weighted by Crippen LogP contribution is 2.27. The van der Waals surface area contributed by atoms with Crippen LogP contribution in [0.2, 0.25) is 0 Å². The third kappa shape index (κ3) is 4.86. The lowest BCUT2D eigenvalue weighted by Gasteiger charge is -2.12. The molecule has 2 N–H and O–H groups in total. The molecule has 6 heteroatoms. The van der Waals surface area contributed by atoms with Crippen molar-refractivity contribution in [1.82, 2.24) is 9.97 Å². The number of benzene rings is 3. The number of para-hydroxylation sites is 1. The molecule has 5 rings (SSSR count). The van der Waals surface area contributed by atoms with Crippen molar-refractivity contribution in [3.8, 4) is 11.5 Å². The number of fused-ring (bicyclic) bond motifs is 1. The summed E-state index contributed by atoms with van der Waals surface area (Å²) in [5.41, 5.74) is 5.01. The van der Waals surface area contributed by atoms with Gasteiger partial charge in [-0.05, 0) is 79.7 Å². The summed E-state index contributed by atoms with van der Waals surface area (Å²) in [5, 5.41) is 7.40. The first-order valence-corrected chi connectivity index (χ1v) is 10.9. The third-order valence-corrected chi connectivity index (χ3v) is 5.27. The van der Waals surface area contributed by atoms with Gasteiger partial charge in [-0.3, -0.25) is 14.8 Å². The number of nitrogens with zero attached hydrogens (tertiary/aromatic N) is 2. The van der Waals surface area contributed by atoms with E-state index >= 15 is 0 Å². The number of carbonyl (C=O) groups is 1. The molecule has 0 aliphatic rings. The van der Waals surface area contributed by atoms with Crippen LogP contribution in [0.3, 0.4) is 0 Å². The molecule has 1 amide bonds. The van der Waals surface area contributed by atoms with Crippen molar-refractivity contribution in [2.75, 3.05) is 10.6 Å². The fourth-order valence-electron chi connectivity index (χ4n) is 3.62. The number of hydrogen-bond donors (Lipinski definition) is 2. The van der Waals surface area contributed by atoms with Crippen molar-refractivity contribution in [3.63, 3.8) is 0 Å². The van der Waals surface area contributed by atoms with Gasteiger partial charge in [-0.15, -0.1) is 0 Å². The second-order valence-corrected chi connectivity index (χ2v) is 7.79. The summed E-state index contributed by atoms with van der Waals surface area (Å²) in [5.74, 6) is 1.20. The van der Waals surface area contributed by atoms with Crippen LogP contribution in [0.4, 0.5) is 17.1 Å². The zero-order valence-electron chi connectivity index (χ0n) is 18.5. The molecule has 0 unspecified atom stereocenters. The summed E-state index contributed by atoms with van der Waals surface area (Å²) >= 11 is 0. The molecule has 0 atom stereocenters. The number of amides is 1. The molecule has 0 spiro atoms. The largest absolute Gasteiger partial charge is 0.457 e. The number of hydrogen-bond acceptors (Lipinski definition) is 5. The smallest absolute Gasteiger partial charge is 0.255 e. The number of nitrogens with one attached hydrogen (secondary N) is 2. The quantitative estimate of drug-likeness (QED) is 0.303. The Balaban J connectivity index is 1.25. The second kappa shape index (κ2) is 9.42. The van der Waals surface area contributed by atoms with E-state index in [1.54, 1.807) is 48.8 Å². The summed E-state index contributed by atoms with van der Waals surface area (Å²) in [4.78, 5) is 21.2. The van der Waals surface area contributed by atoms with E-state index < -0.39 is 0 Å². The Kier molecular flexibility index (Phi) is 5.86. The summed E-state index contributed by atoms with van der Waals surface area (Å²) in [6.07, 6.45) is 3.34. The van der Waals surface area contributed by atoms with E-state index in [9.17, 15) is 4.79 Å². The molecule has 0 fully saturated rings. The first-order valence-electron chi connectivity index (χ1n) is 10.9. The zero-order valence-corrected chi connectivity index (χ0v) is 18.5. The highest BCUT2D eigenvalue weighted by Gasteiger charge is 2.08. The van der Waals surface area contributed by atoms with Gasteiger partial charge in [0.15, 0.2) is 0 Å². The van der Waals surface area contributed by atoms with E-state index in [-0.39, 0.29) is 5.91 Å². The van der Waals surface area contributed by atoms with Crippen molar-refractivity contribution >= 4 is 33.9 Å². The molecule has 2 heterocycles. The zero-order chi connectivity index (χ0) is 23.3. The summed E-state index contributed by atoms with van der Waals surface area (Å²) in [7, 11) is 0. The Labute approximate surface area is 197 Å². The Bertz CT molecular complexity index is 1430. The first-order chi connectivity index (χ1) is 16.6. The number of pyridine rings is 2. The number of ether oxygens (including phenoxy) is 1. The molecule has 0 saturated carbocycles. The highest BCUT2D eigenvalue weighted by atomic mass is 16.5. The predicted octanol–water partition coefficient (Wildman–Crippen LogP) is 6.73. The lowest BCUT2D eigenvalue weighted by atomic mass is 10.1. The fourth-order valence-corrected chi connectivity index (χ4v) is 3.62. The van der Waals surface area contributed by atoms with Gasteiger partial charge in [0.2, 0.25) is 0 Å². The predicted molar refractivity (Wildman–Crippen MR) is 135 cm³/mol. The summed E-state index contributed by atoms with van der Waals surface area (Å²) < 4.78 is 5.76. The third-order valence-electron chi connectivity index (χ3n) is 5.27. The monoisotopic (exact) mass is 446 g/mol. The van der Waals surface area contributed by atoms with Crippen LogP contribution in [0, 0.1) is 6.92 Å². The van der Waals surface area contributed by atoms with Crippen molar-refractivity contribution in [2.45, 2.75) is 6.92 Å². The van der Waals surface area contributed by atoms with Gasteiger partial charge in [0.05, 0.1) is 5.52 Å². The van der Waals surface area contributed by atoms with Gasteiger partial charge >= 0.3 is 0 Å². The molecule has 5 aromatic rings. The minimum atomic E-state index is -0.181. The lowest BCUT2D eigenvalue weighted by molar-refractivity contribution is 0.102. The maximum atomic E-state index is 12.7. The molecule has 166 valence electrons. The molecular formula is C28H22N4O2. The van der Waals surface area contributed by atoms with Crippen LogP contribution in [0.5, 0.6) is 11.5 Å². The van der Waals surface area contributed by atoms with Crippen LogP contribution < -0.4 is 15.4 Å². The Morgan fingerprint density at radius 2 is 1.47 bits per heavy atom. The van der Waals surface area contributed by atoms with Crippen molar-refractivity contribution in [2.24, 2.45) is 0 Å². The normalized spacial score (nSPS) is 10.6.